The van der Waals surface area contributed by atoms with Crippen molar-refractivity contribution in [3.8, 4) is 0 Å². The zero-order chi connectivity index (χ0) is 21.9. The zero-order valence-electron chi connectivity index (χ0n) is 17.7. The Morgan fingerprint density at radius 3 is 2.07 bits per heavy atom. The number of aryl methyl sites for hydroxylation is 3. The van der Waals surface area contributed by atoms with Crippen LogP contribution in [0.1, 0.15) is 39.9 Å². The van der Waals surface area contributed by atoms with Crippen LogP contribution in [0.5, 0.6) is 0 Å². The fraction of sp³-hybridized carbons (Fsp3) is 0.391. The average molecular weight is 429 g/mol. The standard InChI is InChI=1S/C23H28N2O4S/c1-17-4-7-20(8-5-17)22(26)10-11-23(27)24-12-14-25(15-13-24)30(28,29)21-9-6-18(2)19(3)16-21/h4-9,16H,10-15H2,1-3H3. The van der Waals surface area contributed by atoms with Crippen LogP contribution in [-0.2, 0) is 14.8 Å². The molecule has 30 heavy (non-hydrogen) atoms. The minimum absolute atomic E-state index is 0.0562. The monoisotopic (exact) mass is 428 g/mol. The van der Waals surface area contributed by atoms with Crippen molar-refractivity contribution in [1.29, 1.82) is 0 Å². The van der Waals surface area contributed by atoms with Gasteiger partial charge < -0.3 is 4.90 Å². The van der Waals surface area contributed by atoms with Crippen LogP contribution >= 0.6 is 0 Å². The number of benzene rings is 2. The van der Waals surface area contributed by atoms with E-state index in [1.165, 1.54) is 4.31 Å². The van der Waals surface area contributed by atoms with Gasteiger partial charge in [-0.15, -0.1) is 0 Å². The van der Waals surface area contributed by atoms with E-state index in [0.717, 1.165) is 16.7 Å². The predicted molar refractivity (Wildman–Crippen MR) is 116 cm³/mol. The Hall–Kier alpha value is -2.51. The van der Waals surface area contributed by atoms with Gasteiger partial charge in [-0.05, 0) is 44.0 Å². The van der Waals surface area contributed by atoms with Gasteiger partial charge in [-0.3, -0.25) is 9.59 Å². The molecule has 7 heteroatoms. The lowest BCUT2D eigenvalue weighted by Crippen LogP contribution is -2.50. The van der Waals surface area contributed by atoms with Crippen LogP contribution < -0.4 is 0 Å². The number of hydrogen-bond donors (Lipinski definition) is 0. The van der Waals surface area contributed by atoms with Gasteiger partial charge in [0.25, 0.3) is 0 Å². The summed E-state index contributed by atoms with van der Waals surface area (Å²) in [6, 6.07) is 12.4. The van der Waals surface area contributed by atoms with Crippen molar-refractivity contribution in [2.24, 2.45) is 0 Å². The predicted octanol–water partition coefficient (Wildman–Crippen LogP) is 3.11. The summed E-state index contributed by atoms with van der Waals surface area (Å²) in [6.07, 6.45) is 0.291. The maximum atomic E-state index is 12.9. The second kappa shape index (κ2) is 9.10. The smallest absolute Gasteiger partial charge is 0.243 e. The molecule has 1 heterocycles. The summed E-state index contributed by atoms with van der Waals surface area (Å²) in [5.41, 5.74) is 3.67. The molecule has 2 aromatic carbocycles. The molecule has 0 radical (unpaired) electrons. The van der Waals surface area contributed by atoms with E-state index in [1.807, 2.05) is 39.0 Å². The SMILES string of the molecule is Cc1ccc(C(=O)CCC(=O)N2CCN(S(=O)(=O)c3ccc(C)c(C)c3)CC2)cc1. The minimum Gasteiger partial charge on any atom is -0.340 e. The molecule has 0 N–H and O–H groups in total. The number of hydrogen-bond acceptors (Lipinski definition) is 4. The van der Waals surface area contributed by atoms with E-state index >= 15 is 0 Å². The summed E-state index contributed by atoms with van der Waals surface area (Å²) in [6.45, 7) is 6.98. The summed E-state index contributed by atoms with van der Waals surface area (Å²) in [7, 11) is -3.57. The highest BCUT2D eigenvalue weighted by Crippen LogP contribution is 2.21. The molecule has 2 aromatic rings. The van der Waals surface area contributed by atoms with Gasteiger partial charge in [0, 0.05) is 44.6 Å². The van der Waals surface area contributed by atoms with Gasteiger partial charge >= 0.3 is 0 Å². The van der Waals surface area contributed by atoms with E-state index in [4.69, 9.17) is 0 Å². The number of nitrogens with zero attached hydrogens (tertiary/aromatic N) is 2. The van der Waals surface area contributed by atoms with Crippen molar-refractivity contribution in [2.75, 3.05) is 26.2 Å². The molecule has 0 unspecified atom stereocenters. The number of rotatable bonds is 6. The maximum Gasteiger partial charge on any atom is 0.243 e. The van der Waals surface area contributed by atoms with Crippen molar-refractivity contribution >= 4 is 21.7 Å². The molecule has 0 aromatic heterocycles. The third kappa shape index (κ3) is 4.96. The highest BCUT2D eigenvalue weighted by molar-refractivity contribution is 7.89. The maximum absolute atomic E-state index is 12.9. The van der Waals surface area contributed by atoms with Gasteiger partial charge in [0.15, 0.2) is 5.78 Å². The van der Waals surface area contributed by atoms with Gasteiger partial charge in [0.05, 0.1) is 4.90 Å². The second-order valence-corrected chi connectivity index (χ2v) is 9.76. The van der Waals surface area contributed by atoms with E-state index in [0.29, 0.717) is 18.7 Å². The number of carbonyl (C=O) groups excluding carboxylic acids is 2. The lowest BCUT2D eigenvalue weighted by atomic mass is 10.0. The first kappa shape index (κ1) is 22.2. The third-order valence-corrected chi connectivity index (χ3v) is 7.54. The van der Waals surface area contributed by atoms with E-state index in [1.54, 1.807) is 29.2 Å². The molecular formula is C23H28N2O4S. The van der Waals surface area contributed by atoms with Crippen LogP contribution in [0.2, 0.25) is 0 Å². The minimum atomic E-state index is -3.57. The van der Waals surface area contributed by atoms with Crippen molar-refractivity contribution in [2.45, 2.75) is 38.5 Å². The Bertz CT molecular complexity index is 1040. The summed E-state index contributed by atoms with van der Waals surface area (Å²) in [5, 5.41) is 0. The van der Waals surface area contributed by atoms with Crippen LogP contribution in [-0.4, -0.2) is 55.5 Å². The molecule has 0 aliphatic carbocycles. The first-order chi connectivity index (χ1) is 14.2. The lowest BCUT2D eigenvalue weighted by Gasteiger charge is -2.34. The Kier molecular flexibility index (Phi) is 6.73. The first-order valence-electron chi connectivity index (χ1n) is 10.1. The lowest BCUT2D eigenvalue weighted by molar-refractivity contribution is -0.132. The molecule has 0 spiro atoms. The summed E-state index contributed by atoms with van der Waals surface area (Å²) >= 11 is 0. The Labute approximate surface area is 178 Å². The van der Waals surface area contributed by atoms with Gasteiger partial charge in [-0.25, -0.2) is 8.42 Å². The molecule has 3 rings (SSSR count). The number of Topliss-reactive ketones (excluding diaryl/α,β-unsaturated/α-hetero) is 1. The highest BCUT2D eigenvalue weighted by Gasteiger charge is 2.30. The molecule has 1 saturated heterocycles. The zero-order valence-corrected chi connectivity index (χ0v) is 18.5. The summed E-state index contributed by atoms with van der Waals surface area (Å²) in [4.78, 5) is 26.7. The van der Waals surface area contributed by atoms with Gasteiger partial charge in [0.2, 0.25) is 15.9 Å². The van der Waals surface area contributed by atoms with Crippen LogP contribution in [0.4, 0.5) is 0 Å². The first-order valence-corrected chi connectivity index (χ1v) is 11.6. The summed E-state index contributed by atoms with van der Waals surface area (Å²) in [5.74, 6) is -0.169. The van der Waals surface area contributed by atoms with Crippen LogP contribution in [0, 0.1) is 20.8 Å². The number of amides is 1. The molecule has 1 amide bonds. The number of ketones is 1. The molecule has 1 aliphatic heterocycles. The van der Waals surface area contributed by atoms with Gasteiger partial charge in [-0.2, -0.15) is 4.31 Å². The fourth-order valence-electron chi connectivity index (χ4n) is 3.46. The molecule has 0 atom stereocenters. The second-order valence-electron chi connectivity index (χ2n) is 7.82. The highest BCUT2D eigenvalue weighted by atomic mass is 32.2. The van der Waals surface area contributed by atoms with E-state index in [-0.39, 0.29) is 42.5 Å². The number of piperazine rings is 1. The quantitative estimate of drug-likeness (QED) is 0.663. The van der Waals surface area contributed by atoms with Crippen molar-refractivity contribution in [3.05, 3.63) is 64.7 Å². The Morgan fingerprint density at radius 1 is 0.833 bits per heavy atom. The molecule has 1 fully saturated rings. The van der Waals surface area contributed by atoms with Crippen LogP contribution in [0.3, 0.4) is 0 Å². The van der Waals surface area contributed by atoms with E-state index in [9.17, 15) is 18.0 Å². The number of carbonyl (C=O) groups is 2. The molecular weight excluding hydrogens is 400 g/mol. The number of sulfonamides is 1. The van der Waals surface area contributed by atoms with Crippen LogP contribution in [0.15, 0.2) is 47.4 Å². The van der Waals surface area contributed by atoms with Crippen molar-refractivity contribution in [1.82, 2.24) is 9.21 Å². The molecule has 6 nitrogen and oxygen atoms in total. The molecule has 160 valence electrons. The van der Waals surface area contributed by atoms with Gasteiger partial charge in [0.1, 0.15) is 0 Å². The average Bonchev–Trinajstić information content (AvgIpc) is 2.74. The summed E-state index contributed by atoms with van der Waals surface area (Å²) < 4.78 is 27.2. The molecule has 1 aliphatic rings. The molecule has 0 saturated carbocycles. The van der Waals surface area contributed by atoms with E-state index < -0.39 is 10.0 Å². The fourth-order valence-corrected chi connectivity index (χ4v) is 4.97. The van der Waals surface area contributed by atoms with Crippen molar-refractivity contribution < 1.29 is 18.0 Å². The van der Waals surface area contributed by atoms with Gasteiger partial charge in [-0.1, -0.05) is 35.9 Å². The normalized spacial score (nSPS) is 15.2. The Balaban J connectivity index is 1.54. The molecule has 0 bridgehead atoms. The van der Waals surface area contributed by atoms with E-state index in [2.05, 4.69) is 0 Å². The third-order valence-electron chi connectivity index (χ3n) is 5.65. The Morgan fingerprint density at radius 2 is 1.47 bits per heavy atom. The van der Waals surface area contributed by atoms with Crippen molar-refractivity contribution in [3.63, 3.8) is 0 Å². The largest absolute Gasteiger partial charge is 0.340 e. The topological polar surface area (TPSA) is 74.8 Å². The van der Waals surface area contributed by atoms with Crippen LogP contribution in [0.25, 0.3) is 0 Å².